The third-order valence-corrected chi connectivity index (χ3v) is 5.50. The van der Waals surface area contributed by atoms with E-state index >= 15 is 0 Å². The van der Waals surface area contributed by atoms with Gasteiger partial charge in [-0.15, -0.1) is 0 Å². The van der Waals surface area contributed by atoms with E-state index < -0.39 is 12.1 Å². The fourth-order valence-electron chi connectivity index (χ4n) is 2.85. The van der Waals surface area contributed by atoms with Crippen LogP contribution in [0.25, 0.3) is 0 Å². The molecule has 0 fully saturated rings. The standard InChI is InChI=1S/2C13H23NO4.CH4/c2*1-10(11(2)15)14-12(16)8-6-4-5-7-9-13(17)18-3;/h2*10H,4-9H2,1-3H3,(H,14,16);1H4. The Labute approximate surface area is 223 Å². The number of ketones is 2. The van der Waals surface area contributed by atoms with E-state index in [1.54, 1.807) is 13.8 Å². The Balaban J connectivity index is -0.000000608. The van der Waals surface area contributed by atoms with Gasteiger partial charge in [-0.05, 0) is 53.4 Å². The van der Waals surface area contributed by atoms with Crippen molar-refractivity contribution in [3.05, 3.63) is 0 Å². The molecule has 0 aliphatic carbocycles. The van der Waals surface area contributed by atoms with Crippen LogP contribution in [0.1, 0.15) is 112 Å². The fourth-order valence-corrected chi connectivity index (χ4v) is 2.85. The molecular formula is C27H50N2O8. The summed E-state index contributed by atoms with van der Waals surface area (Å²) in [6.07, 6.45) is 8.47. The summed E-state index contributed by atoms with van der Waals surface area (Å²) in [5.41, 5.74) is 0. The van der Waals surface area contributed by atoms with Crippen LogP contribution in [0.4, 0.5) is 0 Å². The highest BCUT2D eigenvalue weighted by Gasteiger charge is 2.11. The fraction of sp³-hybridized carbons (Fsp3) is 0.778. The molecule has 0 saturated heterocycles. The topological polar surface area (TPSA) is 145 Å². The van der Waals surface area contributed by atoms with Gasteiger partial charge < -0.3 is 20.1 Å². The van der Waals surface area contributed by atoms with E-state index in [0.717, 1.165) is 51.4 Å². The molecule has 0 spiro atoms. The van der Waals surface area contributed by atoms with Crippen LogP contribution < -0.4 is 10.6 Å². The molecule has 0 aromatic heterocycles. The third-order valence-electron chi connectivity index (χ3n) is 5.50. The van der Waals surface area contributed by atoms with Crippen LogP contribution in [0.5, 0.6) is 0 Å². The number of hydrogen-bond acceptors (Lipinski definition) is 8. The molecule has 10 nitrogen and oxygen atoms in total. The summed E-state index contributed by atoms with van der Waals surface area (Å²) >= 11 is 0. The van der Waals surface area contributed by atoms with Gasteiger partial charge in [-0.3, -0.25) is 28.8 Å². The number of rotatable bonds is 18. The maximum Gasteiger partial charge on any atom is 0.305 e. The van der Waals surface area contributed by atoms with Gasteiger partial charge in [0.15, 0.2) is 11.6 Å². The van der Waals surface area contributed by atoms with E-state index in [4.69, 9.17) is 0 Å². The summed E-state index contributed by atoms with van der Waals surface area (Å²) in [7, 11) is 2.76. The van der Waals surface area contributed by atoms with Gasteiger partial charge in [0.25, 0.3) is 0 Å². The number of unbranched alkanes of at least 4 members (excludes halogenated alkanes) is 6. The van der Waals surface area contributed by atoms with Crippen molar-refractivity contribution in [2.45, 2.75) is 124 Å². The van der Waals surface area contributed by atoms with Crippen molar-refractivity contribution in [3.63, 3.8) is 0 Å². The molecule has 0 bridgehead atoms. The molecule has 10 heteroatoms. The zero-order valence-corrected chi connectivity index (χ0v) is 22.9. The van der Waals surface area contributed by atoms with E-state index in [9.17, 15) is 28.8 Å². The molecule has 2 atom stereocenters. The van der Waals surface area contributed by atoms with Gasteiger partial charge >= 0.3 is 11.9 Å². The third kappa shape index (κ3) is 26.1. The number of Topliss-reactive ketones (excluding diaryl/α,β-unsaturated/α-hetero) is 2. The van der Waals surface area contributed by atoms with Gasteiger partial charge in [-0.1, -0.05) is 33.1 Å². The van der Waals surface area contributed by atoms with Crippen LogP contribution in [-0.2, 0) is 38.2 Å². The summed E-state index contributed by atoms with van der Waals surface area (Å²) < 4.78 is 9.05. The summed E-state index contributed by atoms with van der Waals surface area (Å²) in [5, 5.41) is 5.27. The second-order valence-electron chi connectivity index (χ2n) is 8.78. The van der Waals surface area contributed by atoms with Crippen LogP contribution in [0.15, 0.2) is 0 Å². The quantitative estimate of drug-likeness (QED) is 0.201. The summed E-state index contributed by atoms with van der Waals surface area (Å²) in [6, 6.07) is -0.811. The van der Waals surface area contributed by atoms with Crippen LogP contribution in [0, 0.1) is 0 Å². The van der Waals surface area contributed by atoms with E-state index in [-0.39, 0.29) is 42.7 Å². The maximum absolute atomic E-state index is 11.4. The molecule has 0 aliphatic heterocycles. The molecule has 0 rings (SSSR count). The SMILES string of the molecule is C.COC(=O)CCCCCCC(=O)NC(C)C(C)=O.COC(=O)CCCCCCC(=O)NC(C)C(C)=O. The van der Waals surface area contributed by atoms with Crippen LogP contribution in [0.3, 0.4) is 0 Å². The van der Waals surface area contributed by atoms with Gasteiger partial charge in [0.1, 0.15) is 0 Å². The Bertz CT molecular complexity index is 636. The number of nitrogens with one attached hydrogen (secondary N) is 2. The van der Waals surface area contributed by atoms with Crippen molar-refractivity contribution in [1.29, 1.82) is 0 Å². The lowest BCUT2D eigenvalue weighted by molar-refractivity contribution is -0.141. The van der Waals surface area contributed by atoms with Crippen molar-refractivity contribution in [1.82, 2.24) is 10.6 Å². The lowest BCUT2D eigenvalue weighted by Gasteiger charge is -2.10. The number of esters is 2. The van der Waals surface area contributed by atoms with Crippen molar-refractivity contribution in [2.24, 2.45) is 0 Å². The summed E-state index contributed by atoms with van der Waals surface area (Å²) in [6.45, 7) is 6.27. The van der Waals surface area contributed by atoms with Crippen molar-refractivity contribution in [3.8, 4) is 0 Å². The zero-order valence-electron chi connectivity index (χ0n) is 22.9. The lowest BCUT2D eigenvalue weighted by atomic mass is 10.1. The van der Waals surface area contributed by atoms with E-state index in [2.05, 4.69) is 20.1 Å². The van der Waals surface area contributed by atoms with Crippen molar-refractivity contribution < 1.29 is 38.2 Å². The highest BCUT2D eigenvalue weighted by molar-refractivity contribution is 5.87. The highest BCUT2D eigenvalue weighted by atomic mass is 16.5. The monoisotopic (exact) mass is 530 g/mol. The average Bonchev–Trinajstić information content (AvgIpc) is 2.83. The first-order chi connectivity index (χ1) is 16.9. The van der Waals surface area contributed by atoms with Gasteiger partial charge in [0.2, 0.25) is 11.8 Å². The molecule has 2 N–H and O–H groups in total. The Morgan fingerprint density at radius 2 is 0.811 bits per heavy atom. The van der Waals surface area contributed by atoms with Gasteiger partial charge in [0, 0.05) is 25.7 Å². The molecule has 0 aromatic carbocycles. The first-order valence-electron chi connectivity index (χ1n) is 12.7. The smallest absolute Gasteiger partial charge is 0.305 e. The second-order valence-corrected chi connectivity index (χ2v) is 8.78. The maximum atomic E-state index is 11.4. The largest absolute Gasteiger partial charge is 0.469 e. The number of amides is 2. The number of carbonyl (C=O) groups is 6. The van der Waals surface area contributed by atoms with E-state index in [1.165, 1.54) is 28.1 Å². The molecule has 0 radical (unpaired) electrons. The predicted octanol–water partition coefficient (Wildman–Crippen LogP) is 3.82. The molecule has 0 aromatic rings. The highest BCUT2D eigenvalue weighted by Crippen LogP contribution is 2.07. The van der Waals surface area contributed by atoms with Crippen LogP contribution in [0.2, 0.25) is 0 Å². The molecule has 2 amide bonds. The molecular weight excluding hydrogens is 480 g/mol. The van der Waals surface area contributed by atoms with Crippen molar-refractivity contribution >= 4 is 35.3 Å². The lowest BCUT2D eigenvalue weighted by Crippen LogP contribution is -2.37. The molecule has 2 unspecified atom stereocenters. The second kappa shape index (κ2) is 24.9. The minimum absolute atomic E-state index is 0. The Morgan fingerprint density at radius 1 is 0.541 bits per heavy atom. The average molecular weight is 531 g/mol. The molecule has 0 heterocycles. The first kappa shape index (κ1) is 38.7. The van der Waals surface area contributed by atoms with Gasteiger partial charge in [-0.2, -0.15) is 0 Å². The Hall–Kier alpha value is -2.78. The Morgan fingerprint density at radius 3 is 1.05 bits per heavy atom. The summed E-state index contributed by atoms with van der Waals surface area (Å²) in [4.78, 5) is 66.3. The first-order valence-corrected chi connectivity index (χ1v) is 12.7. The van der Waals surface area contributed by atoms with Crippen LogP contribution in [-0.4, -0.2) is 61.6 Å². The zero-order chi connectivity index (χ0) is 27.9. The van der Waals surface area contributed by atoms with Crippen molar-refractivity contribution in [2.75, 3.05) is 14.2 Å². The van der Waals surface area contributed by atoms with E-state index in [1.807, 2.05) is 0 Å². The number of hydrogen-bond donors (Lipinski definition) is 2. The summed E-state index contributed by atoms with van der Waals surface area (Å²) in [5.74, 6) is -0.648. The normalized spacial score (nSPS) is 11.4. The number of ether oxygens (including phenoxy) is 2. The molecule has 37 heavy (non-hydrogen) atoms. The van der Waals surface area contributed by atoms with Gasteiger partial charge in [0.05, 0.1) is 26.3 Å². The van der Waals surface area contributed by atoms with E-state index in [0.29, 0.717) is 25.7 Å². The van der Waals surface area contributed by atoms with Gasteiger partial charge in [-0.25, -0.2) is 0 Å². The molecule has 0 saturated carbocycles. The van der Waals surface area contributed by atoms with Crippen LogP contribution >= 0.6 is 0 Å². The Kier molecular flexibility index (Phi) is 26.1. The molecule has 0 aliphatic rings. The molecule has 216 valence electrons. The minimum atomic E-state index is -0.406. The minimum Gasteiger partial charge on any atom is -0.469 e. The predicted molar refractivity (Wildman–Crippen MR) is 143 cm³/mol. The number of carbonyl (C=O) groups excluding carboxylic acids is 6. The number of methoxy groups -OCH3 is 2.